The zero-order chi connectivity index (χ0) is 17.9. The van der Waals surface area contributed by atoms with Gasteiger partial charge in [0.2, 0.25) is 0 Å². The molecule has 8 heteroatoms. The predicted octanol–water partition coefficient (Wildman–Crippen LogP) is 2.38. The van der Waals surface area contributed by atoms with E-state index >= 15 is 0 Å². The Bertz CT molecular complexity index is 703. The fourth-order valence-corrected chi connectivity index (χ4v) is 5.70. The maximum atomic E-state index is 6.61. The molecule has 3 aliphatic rings. The molecule has 0 radical (unpaired) electrons. The Balaban J connectivity index is 1.47. The summed E-state index contributed by atoms with van der Waals surface area (Å²) in [6.07, 6.45) is 5.59. The molecule has 1 atom stereocenters. The number of rotatable bonds is 4. The molecule has 1 aromatic rings. The normalized spacial score (nSPS) is 24.9. The first-order valence-electron chi connectivity index (χ1n) is 9.42. The first kappa shape index (κ1) is 18.6. The van der Waals surface area contributed by atoms with Crippen molar-refractivity contribution >= 4 is 48.4 Å². The van der Waals surface area contributed by atoms with Crippen LogP contribution in [0.5, 0.6) is 0 Å². The van der Waals surface area contributed by atoms with Crippen molar-refractivity contribution in [3.05, 3.63) is 22.8 Å². The van der Waals surface area contributed by atoms with Crippen LogP contribution in [0.3, 0.4) is 0 Å². The molecule has 1 aromatic heterocycles. The van der Waals surface area contributed by atoms with Crippen molar-refractivity contribution in [2.24, 2.45) is 3.21 Å². The van der Waals surface area contributed by atoms with Crippen molar-refractivity contribution in [3.63, 3.8) is 0 Å². The molecule has 0 bridgehead atoms. The van der Waals surface area contributed by atoms with Crippen molar-refractivity contribution in [2.75, 3.05) is 37.6 Å². The summed E-state index contributed by atoms with van der Waals surface area (Å²) in [5.74, 6) is 1.82. The van der Waals surface area contributed by atoms with E-state index in [1.165, 1.54) is 12.8 Å². The van der Waals surface area contributed by atoms with E-state index in [1.54, 1.807) is 0 Å². The molecule has 2 saturated heterocycles. The SMILES string of the molecule is CCC1CN(c2ncc(C3=NI=CN3)cc2Cl)CCN1C1CCNCC1. The van der Waals surface area contributed by atoms with Crippen LogP contribution in [0.15, 0.2) is 15.5 Å². The van der Waals surface area contributed by atoms with Gasteiger partial charge in [-0.3, -0.25) is 4.90 Å². The smallest absolute Gasteiger partial charge is 0.147 e. The van der Waals surface area contributed by atoms with E-state index in [-0.39, 0.29) is 21.0 Å². The Hall–Kier alpha value is -0.770. The Kier molecular flexibility index (Phi) is 6.07. The van der Waals surface area contributed by atoms with Gasteiger partial charge < -0.3 is 15.5 Å². The van der Waals surface area contributed by atoms with Gasteiger partial charge >= 0.3 is 0 Å². The molecule has 0 aromatic carbocycles. The van der Waals surface area contributed by atoms with Crippen molar-refractivity contribution < 1.29 is 0 Å². The first-order chi connectivity index (χ1) is 12.8. The topological polar surface area (TPSA) is 55.8 Å². The fourth-order valence-electron chi connectivity index (χ4n) is 4.14. The second kappa shape index (κ2) is 8.50. The summed E-state index contributed by atoms with van der Waals surface area (Å²) in [6.45, 7) is 7.68. The third-order valence-corrected chi connectivity index (χ3v) is 7.17. The Morgan fingerprint density at radius 2 is 2.15 bits per heavy atom. The zero-order valence-electron chi connectivity index (χ0n) is 15.1. The first-order valence-corrected chi connectivity index (χ1v) is 12.0. The number of nitrogens with zero attached hydrogens (tertiary/aromatic N) is 4. The molecule has 0 aliphatic carbocycles. The van der Waals surface area contributed by atoms with E-state index in [2.05, 4.69) is 30.6 Å². The van der Waals surface area contributed by atoms with Gasteiger partial charge in [0.25, 0.3) is 0 Å². The van der Waals surface area contributed by atoms with Crippen LogP contribution < -0.4 is 15.5 Å². The average molecular weight is 489 g/mol. The van der Waals surface area contributed by atoms with Gasteiger partial charge in [-0.25, -0.2) is 8.19 Å². The molecule has 0 saturated carbocycles. The summed E-state index contributed by atoms with van der Waals surface area (Å²) < 4.78 is 6.56. The van der Waals surface area contributed by atoms with Crippen LogP contribution in [-0.2, 0) is 0 Å². The van der Waals surface area contributed by atoms with Crippen LogP contribution in [0.4, 0.5) is 5.82 Å². The van der Waals surface area contributed by atoms with Crippen molar-refractivity contribution in [2.45, 2.75) is 38.3 Å². The van der Waals surface area contributed by atoms with Crippen molar-refractivity contribution in [1.29, 1.82) is 0 Å². The number of hydrogen-bond acceptors (Lipinski definition) is 6. The molecule has 0 spiro atoms. The highest BCUT2D eigenvalue weighted by molar-refractivity contribution is 14.2. The largest absolute Gasteiger partial charge is 0.353 e. The molecule has 2 fully saturated rings. The number of amidine groups is 1. The molecular formula is C18H26ClIN6. The Labute approximate surface area is 170 Å². The average Bonchev–Trinajstić information content (AvgIpc) is 3.23. The van der Waals surface area contributed by atoms with E-state index in [4.69, 9.17) is 16.6 Å². The number of halogens is 2. The van der Waals surface area contributed by atoms with Crippen LogP contribution in [0.1, 0.15) is 31.7 Å². The monoisotopic (exact) mass is 488 g/mol. The summed E-state index contributed by atoms with van der Waals surface area (Å²) in [7, 11) is 0. The maximum absolute atomic E-state index is 6.61. The Morgan fingerprint density at radius 3 is 2.85 bits per heavy atom. The van der Waals surface area contributed by atoms with Gasteiger partial charge in [-0.15, -0.1) is 0 Å². The molecule has 0 amide bonds. The second-order valence-electron chi connectivity index (χ2n) is 7.04. The minimum atomic E-state index is -0.215. The minimum Gasteiger partial charge on any atom is -0.353 e. The number of piperidine rings is 1. The second-order valence-corrected chi connectivity index (χ2v) is 9.11. The van der Waals surface area contributed by atoms with E-state index in [0.717, 1.165) is 67.4 Å². The molecule has 4 rings (SSSR count). The summed E-state index contributed by atoms with van der Waals surface area (Å²) in [4.78, 5) is 9.79. The van der Waals surface area contributed by atoms with Crippen LogP contribution >= 0.6 is 32.6 Å². The van der Waals surface area contributed by atoms with Crippen molar-refractivity contribution in [3.8, 4) is 0 Å². The lowest BCUT2D eigenvalue weighted by Gasteiger charge is -2.46. The lowest BCUT2D eigenvalue weighted by Crippen LogP contribution is -2.58. The van der Waals surface area contributed by atoms with E-state index in [0.29, 0.717) is 6.04 Å². The van der Waals surface area contributed by atoms with Crippen LogP contribution in [0.2, 0.25) is 5.02 Å². The highest BCUT2D eigenvalue weighted by Crippen LogP contribution is 2.29. The predicted molar refractivity (Wildman–Crippen MR) is 118 cm³/mol. The van der Waals surface area contributed by atoms with Gasteiger partial charge in [0.1, 0.15) is 11.7 Å². The maximum Gasteiger partial charge on any atom is 0.147 e. The van der Waals surface area contributed by atoms with Crippen LogP contribution in [-0.4, -0.2) is 64.7 Å². The number of pyridine rings is 1. The molecule has 6 nitrogen and oxygen atoms in total. The highest BCUT2D eigenvalue weighted by Gasteiger charge is 2.32. The number of piperazine rings is 1. The van der Waals surface area contributed by atoms with Gasteiger partial charge in [0.15, 0.2) is 0 Å². The summed E-state index contributed by atoms with van der Waals surface area (Å²) >= 11 is 6.39. The van der Waals surface area contributed by atoms with E-state index < -0.39 is 0 Å². The minimum absolute atomic E-state index is 0.215. The quantitative estimate of drug-likeness (QED) is 0.638. The highest BCUT2D eigenvalue weighted by atomic mass is 127. The number of anilines is 1. The summed E-state index contributed by atoms with van der Waals surface area (Å²) in [6, 6.07) is 3.29. The Morgan fingerprint density at radius 1 is 1.31 bits per heavy atom. The van der Waals surface area contributed by atoms with Gasteiger partial charge in [0, 0.05) is 64.5 Å². The third-order valence-electron chi connectivity index (χ3n) is 5.55. The number of nitrogens with one attached hydrogen (secondary N) is 2. The standard InChI is InChI=1S/C18H26ClIN6/c1-2-14-11-25(7-8-26(14)15-3-5-21-6-4-15)18-16(19)9-13(10-22-18)17-23-12-20-24-17/h9-10,12,14-15,21H,2-8,11H2,1H3,(H,23,24). The molecule has 26 heavy (non-hydrogen) atoms. The van der Waals surface area contributed by atoms with E-state index in [9.17, 15) is 0 Å². The third kappa shape index (κ3) is 3.90. The number of aromatic nitrogens is 1. The molecule has 142 valence electrons. The lowest BCUT2D eigenvalue weighted by atomic mass is 9.99. The van der Waals surface area contributed by atoms with Crippen LogP contribution in [0.25, 0.3) is 0 Å². The van der Waals surface area contributed by atoms with Gasteiger partial charge in [-0.05, 0) is 38.4 Å². The van der Waals surface area contributed by atoms with Crippen molar-refractivity contribution in [1.82, 2.24) is 20.5 Å². The van der Waals surface area contributed by atoms with Gasteiger partial charge in [0.05, 0.1) is 9.16 Å². The molecule has 1 unspecified atom stereocenters. The van der Waals surface area contributed by atoms with E-state index in [1.807, 2.05) is 16.4 Å². The van der Waals surface area contributed by atoms with Gasteiger partial charge in [-0.2, -0.15) is 0 Å². The molecule has 2 N–H and O–H groups in total. The summed E-state index contributed by atoms with van der Waals surface area (Å²) in [5, 5.41) is 7.41. The summed E-state index contributed by atoms with van der Waals surface area (Å²) in [5.41, 5.74) is 0.979. The van der Waals surface area contributed by atoms with Crippen LogP contribution in [0, 0.1) is 0 Å². The fraction of sp³-hybridized carbons (Fsp3) is 0.611. The number of hydrogen-bond donors (Lipinski definition) is 2. The lowest BCUT2D eigenvalue weighted by molar-refractivity contribution is 0.0936. The van der Waals surface area contributed by atoms with Gasteiger partial charge in [-0.1, -0.05) is 18.5 Å². The zero-order valence-corrected chi connectivity index (χ0v) is 18.0. The molecular weight excluding hydrogens is 463 g/mol. The molecule has 3 aliphatic heterocycles. The molecule has 4 heterocycles.